The van der Waals surface area contributed by atoms with E-state index in [9.17, 15) is 4.79 Å². The molecule has 27 heavy (non-hydrogen) atoms. The van der Waals surface area contributed by atoms with E-state index in [1.165, 1.54) is 0 Å². The van der Waals surface area contributed by atoms with Crippen LogP contribution in [0.15, 0.2) is 35.1 Å². The highest BCUT2D eigenvalue weighted by Gasteiger charge is 2.28. The van der Waals surface area contributed by atoms with Crippen molar-refractivity contribution in [2.45, 2.75) is 26.2 Å². The number of aromatic nitrogens is 5. The van der Waals surface area contributed by atoms with E-state index in [0.717, 1.165) is 43.6 Å². The van der Waals surface area contributed by atoms with Crippen LogP contribution in [0.3, 0.4) is 0 Å². The van der Waals surface area contributed by atoms with E-state index in [2.05, 4.69) is 20.2 Å². The van der Waals surface area contributed by atoms with Crippen molar-refractivity contribution in [1.29, 1.82) is 0 Å². The van der Waals surface area contributed by atoms with Crippen LogP contribution in [0.2, 0.25) is 0 Å². The van der Waals surface area contributed by atoms with Crippen molar-refractivity contribution in [3.05, 3.63) is 47.8 Å². The lowest BCUT2D eigenvalue weighted by molar-refractivity contribution is 0.0775. The summed E-state index contributed by atoms with van der Waals surface area (Å²) in [4.78, 5) is 23.1. The largest absolute Gasteiger partial charge is 0.337 e. The summed E-state index contributed by atoms with van der Waals surface area (Å²) >= 11 is 0. The smallest absolute Gasteiger partial charge is 0.272 e. The molecule has 1 unspecified atom stereocenters. The Morgan fingerprint density at radius 3 is 3.04 bits per heavy atom. The molecule has 1 aliphatic rings. The minimum absolute atomic E-state index is 0.0547. The van der Waals surface area contributed by atoms with E-state index in [1.54, 1.807) is 17.1 Å². The van der Waals surface area contributed by atoms with Crippen LogP contribution in [0.1, 0.15) is 34.8 Å². The predicted octanol–water partition coefficient (Wildman–Crippen LogP) is 2.27. The fourth-order valence-electron chi connectivity index (χ4n) is 3.52. The molecule has 1 atom stereocenters. The molecule has 0 saturated carbocycles. The summed E-state index contributed by atoms with van der Waals surface area (Å²) < 4.78 is 6.98. The van der Waals surface area contributed by atoms with Gasteiger partial charge in [0.2, 0.25) is 0 Å². The van der Waals surface area contributed by atoms with E-state index < -0.39 is 0 Å². The number of carbonyl (C=O) groups excluding carboxylic acids is 1. The summed E-state index contributed by atoms with van der Waals surface area (Å²) in [5, 5.41) is 8.33. The Bertz CT molecular complexity index is 933. The number of rotatable bonds is 5. The summed E-state index contributed by atoms with van der Waals surface area (Å²) in [6.07, 6.45) is 6.08. The van der Waals surface area contributed by atoms with Crippen LogP contribution in [0.25, 0.3) is 11.5 Å². The normalized spacial score (nSPS) is 16.8. The van der Waals surface area contributed by atoms with Gasteiger partial charge in [-0.25, -0.2) is 0 Å². The van der Waals surface area contributed by atoms with Crippen molar-refractivity contribution >= 4 is 5.91 Å². The number of hydrogen-bond acceptors (Lipinski definition) is 6. The third-order valence-electron chi connectivity index (χ3n) is 4.95. The number of carbonyl (C=O) groups is 1. The van der Waals surface area contributed by atoms with Gasteiger partial charge in [0.05, 0.1) is 11.3 Å². The van der Waals surface area contributed by atoms with Crippen molar-refractivity contribution in [3.8, 4) is 11.5 Å². The minimum atomic E-state index is 0.0547. The maximum Gasteiger partial charge on any atom is 0.272 e. The zero-order chi connectivity index (χ0) is 18.8. The summed E-state index contributed by atoms with van der Waals surface area (Å²) in [5.41, 5.74) is 2.32. The molecule has 3 aromatic heterocycles. The lowest BCUT2D eigenvalue weighted by Crippen LogP contribution is -2.30. The van der Waals surface area contributed by atoms with Gasteiger partial charge in [-0.2, -0.15) is 10.1 Å². The zero-order valence-corrected chi connectivity index (χ0v) is 15.5. The standard InChI is InChI=1S/C19H22N6O2/c1-13-10-16(24(2)22-13)19(26)25-9-7-14(12-25)5-6-17-21-18(27-23-17)15-4-3-8-20-11-15/h3-4,8,10-11,14H,5-7,9,12H2,1-2H3. The van der Waals surface area contributed by atoms with Crippen molar-refractivity contribution in [1.82, 2.24) is 29.8 Å². The maximum atomic E-state index is 12.7. The second kappa shape index (κ2) is 7.30. The summed E-state index contributed by atoms with van der Waals surface area (Å²) in [6.45, 7) is 3.44. The molecule has 1 saturated heterocycles. The Morgan fingerprint density at radius 2 is 2.30 bits per heavy atom. The number of aryl methyl sites for hydroxylation is 3. The van der Waals surface area contributed by atoms with Crippen molar-refractivity contribution < 1.29 is 9.32 Å². The van der Waals surface area contributed by atoms with Crippen LogP contribution in [-0.2, 0) is 13.5 Å². The molecule has 140 valence electrons. The molecule has 3 aromatic rings. The third kappa shape index (κ3) is 3.74. The van der Waals surface area contributed by atoms with E-state index in [-0.39, 0.29) is 5.91 Å². The quantitative estimate of drug-likeness (QED) is 0.688. The Morgan fingerprint density at radius 1 is 1.41 bits per heavy atom. The summed E-state index contributed by atoms with van der Waals surface area (Å²) in [7, 11) is 1.81. The monoisotopic (exact) mass is 366 g/mol. The van der Waals surface area contributed by atoms with Gasteiger partial charge in [-0.1, -0.05) is 5.16 Å². The first kappa shape index (κ1) is 17.4. The van der Waals surface area contributed by atoms with E-state index in [4.69, 9.17) is 4.52 Å². The van der Waals surface area contributed by atoms with Gasteiger partial charge < -0.3 is 9.42 Å². The lowest BCUT2D eigenvalue weighted by Gasteiger charge is -2.16. The number of nitrogens with zero attached hydrogens (tertiary/aromatic N) is 6. The Hall–Kier alpha value is -3.03. The van der Waals surface area contributed by atoms with Crippen LogP contribution in [0.5, 0.6) is 0 Å². The highest BCUT2D eigenvalue weighted by molar-refractivity contribution is 5.92. The van der Waals surface area contributed by atoms with Gasteiger partial charge in [0.25, 0.3) is 11.8 Å². The highest BCUT2D eigenvalue weighted by atomic mass is 16.5. The Kier molecular flexibility index (Phi) is 4.70. The van der Waals surface area contributed by atoms with Crippen molar-refractivity contribution in [2.75, 3.05) is 13.1 Å². The molecule has 1 amide bonds. The fourth-order valence-corrected chi connectivity index (χ4v) is 3.52. The Labute approximate surface area is 157 Å². The summed E-state index contributed by atoms with van der Waals surface area (Å²) in [6, 6.07) is 5.58. The van der Waals surface area contributed by atoms with Crippen LogP contribution >= 0.6 is 0 Å². The minimum Gasteiger partial charge on any atom is -0.337 e. The first-order valence-corrected chi connectivity index (χ1v) is 9.13. The first-order chi connectivity index (χ1) is 13.1. The third-order valence-corrected chi connectivity index (χ3v) is 4.95. The molecule has 1 fully saturated rings. The van der Waals surface area contributed by atoms with Crippen molar-refractivity contribution in [3.63, 3.8) is 0 Å². The second-order valence-electron chi connectivity index (χ2n) is 7.00. The van der Waals surface area contributed by atoms with Gasteiger partial charge in [-0.05, 0) is 43.9 Å². The number of amides is 1. The predicted molar refractivity (Wildman–Crippen MR) is 97.8 cm³/mol. The SMILES string of the molecule is Cc1cc(C(=O)N2CCC(CCc3noc(-c4cccnc4)n3)C2)n(C)n1. The topological polar surface area (TPSA) is 89.9 Å². The number of likely N-dealkylation sites (tertiary alicyclic amines) is 1. The fraction of sp³-hybridized carbons (Fsp3) is 0.421. The molecule has 8 heteroatoms. The molecule has 0 spiro atoms. The lowest BCUT2D eigenvalue weighted by atomic mass is 10.0. The van der Waals surface area contributed by atoms with Crippen molar-refractivity contribution in [2.24, 2.45) is 13.0 Å². The van der Waals surface area contributed by atoms with E-state index >= 15 is 0 Å². The molecule has 0 aliphatic carbocycles. The zero-order valence-electron chi connectivity index (χ0n) is 15.5. The Balaban J connectivity index is 1.32. The van der Waals surface area contributed by atoms with Crippen LogP contribution in [0.4, 0.5) is 0 Å². The average molecular weight is 366 g/mol. The van der Waals surface area contributed by atoms with Gasteiger partial charge in [-0.3, -0.25) is 14.5 Å². The maximum absolute atomic E-state index is 12.7. The first-order valence-electron chi connectivity index (χ1n) is 9.13. The molecule has 0 aromatic carbocycles. The molecule has 8 nitrogen and oxygen atoms in total. The highest BCUT2D eigenvalue weighted by Crippen LogP contribution is 2.23. The molecule has 0 radical (unpaired) electrons. The molecule has 4 heterocycles. The number of hydrogen-bond donors (Lipinski definition) is 0. The molecule has 1 aliphatic heterocycles. The van der Waals surface area contributed by atoms with Crippen LogP contribution in [-0.4, -0.2) is 48.8 Å². The van der Waals surface area contributed by atoms with Gasteiger partial charge in [-0.15, -0.1) is 0 Å². The van der Waals surface area contributed by atoms with Gasteiger partial charge in [0.15, 0.2) is 5.82 Å². The molecular formula is C19H22N6O2. The van der Waals surface area contributed by atoms with Crippen LogP contribution in [0, 0.1) is 12.8 Å². The van der Waals surface area contributed by atoms with Crippen LogP contribution < -0.4 is 0 Å². The van der Waals surface area contributed by atoms with Gasteiger partial charge in [0.1, 0.15) is 5.69 Å². The van der Waals surface area contributed by atoms with Gasteiger partial charge in [0, 0.05) is 39.0 Å². The molecule has 0 N–H and O–H groups in total. The molecular weight excluding hydrogens is 344 g/mol. The number of pyridine rings is 1. The average Bonchev–Trinajstić information content (AvgIpc) is 3.40. The van der Waals surface area contributed by atoms with Gasteiger partial charge >= 0.3 is 0 Å². The molecule has 4 rings (SSSR count). The van der Waals surface area contributed by atoms with E-state index in [0.29, 0.717) is 23.3 Å². The second-order valence-corrected chi connectivity index (χ2v) is 7.00. The molecule has 0 bridgehead atoms. The van der Waals surface area contributed by atoms with E-state index in [1.807, 2.05) is 37.1 Å². The summed E-state index contributed by atoms with van der Waals surface area (Å²) in [5.74, 6) is 1.69.